The molecule has 34 heavy (non-hydrogen) atoms. The molecule has 3 aromatic carbocycles. The van der Waals surface area contributed by atoms with Crippen molar-refractivity contribution in [3.05, 3.63) is 89.0 Å². The van der Waals surface area contributed by atoms with Crippen molar-refractivity contribution >= 4 is 23.7 Å². The van der Waals surface area contributed by atoms with E-state index in [1.165, 1.54) is 23.3 Å². The summed E-state index contributed by atoms with van der Waals surface area (Å²) in [5, 5.41) is 14.5. The SMILES string of the molecule is Cc1cc(C(=O)O)ccc1NC(=O)CCCNC(=O)OCC1c2ccccc2-c2ccccc21. The van der Waals surface area contributed by atoms with Crippen molar-refractivity contribution in [1.29, 1.82) is 0 Å². The molecular weight excluding hydrogens is 432 g/mol. The number of nitrogens with one attached hydrogen (secondary N) is 2. The molecule has 1 aliphatic carbocycles. The highest BCUT2D eigenvalue weighted by Gasteiger charge is 2.28. The summed E-state index contributed by atoms with van der Waals surface area (Å²) < 4.78 is 5.49. The van der Waals surface area contributed by atoms with Crippen molar-refractivity contribution in [2.45, 2.75) is 25.7 Å². The van der Waals surface area contributed by atoms with Crippen LogP contribution in [-0.2, 0) is 9.53 Å². The Hall–Kier alpha value is -4.13. The van der Waals surface area contributed by atoms with Crippen LogP contribution >= 0.6 is 0 Å². The summed E-state index contributed by atoms with van der Waals surface area (Å²) in [6.07, 6.45) is 0.147. The van der Waals surface area contributed by atoms with E-state index in [1.54, 1.807) is 13.0 Å². The van der Waals surface area contributed by atoms with E-state index in [2.05, 4.69) is 34.9 Å². The van der Waals surface area contributed by atoms with Gasteiger partial charge in [0.15, 0.2) is 0 Å². The lowest BCUT2D eigenvalue weighted by atomic mass is 9.98. The molecule has 0 aromatic heterocycles. The molecule has 0 radical (unpaired) electrons. The number of hydrogen-bond acceptors (Lipinski definition) is 4. The molecule has 174 valence electrons. The maximum absolute atomic E-state index is 12.2. The van der Waals surface area contributed by atoms with Crippen LogP contribution < -0.4 is 10.6 Å². The molecule has 0 saturated carbocycles. The van der Waals surface area contributed by atoms with Gasteiger partial charge in [-0.1, -0.05) is 48.5 Å². The molecule has 0 unspecified atom stereocenters. The highest BCUT2D eigenvalue weighted by Crippen LogP contribution is 2.44. The fraction of sp³-hybridized carbons (Fsp3) is 0.222. The number of hydrogen-bond donors (Lipinski definition) is 3. The maximum Gasteiger partial charge on any atom is 0.407 e. The van der Waals surface area contributed by atoms with Gasteiger partial charge in [-0.25, -0.2) is 9.59 Å². The first-order chi connectivity index (χ1) is 16.4. The highest BCUT2D eigenvalue weighted by atomic mass is 16.5. The molecule has 7 nitrogen and oxygen atoms in total. The first-order valence-electron chi connectivity index (χ1n) is 11.2. The number of carbonyl (C=O) groups is 3. The van der Waals surface area contributed by atoms with Crippen molar-refractivity contribution in [3.63, 3.8) is 0 Å². The van der Waals surface area contributed by atoms with E-state index in [0.717, 1.165) is 11.1 Å². The van der Waals surface area contributed by atoms with Gasteiger partial charge in [0.25, 0.3) is 0 Å². The van der Waals surface area contributed by atoms with Gasteiger partial charge in [0.05, 0.1) is 5.56 Å². The maximum atomic E-state index is 12.2. The van der Waals surface area contributed by atoms with Crippen LogP contribution in [0.25, 0.3) is 11.1 Å². The van der Waals surface area contributed by atoms with Crippen LogP contribution in [0.2, 0.25) is 0 Å². The number of alkyl carbamates (subject to hydrolysis) is 1. The summed E-state index contributed by atoms with van der Waals surface area (Å²) in [7, 11) is 0. The molecule has 0 spiro atoms. The van der Waals surface area contributed by atoms with Gasteiger partial charge in [0.1, 0.15) is 6.61 Å². The predicted octanol–water partition coefficient (Wildman–Crippen LogP) is 4.95. The van der Waals surface area contributed by atoms with Crippen molar-refractivity contribution in [1.82, 2.24) is 5.32 Å². The molecule has 3 aromatic rings. The summed E-state index contributed by atoms with van der Waals surface area (Å²) in [4.78, 5) is 35.4. The van der Waals surface area contributed by atoms with Crippen molar-refractivity contribution in [3.8, 4) is 11.1 Å². The van der Waals surface area contributed by atoms with E-state index in [-0.39, 0.29) is 30.4 Å². The molecule has 4 rings (SSSR count). The molecule has 0 aliphatic heterocycles. The zero-order valence-corrected chi connectivity index (χ0v) is 18.8. The minimum atomic E-state index is -1.01. The lowest BCUT2D eigenvalue weighted by molar-refractivity contribution is -0.116. The monoisotopic (exact) mass is 458 g/mol. The Morgan fingerprint density at radius 3 is 2.21 bits per heavy atom. The quantitative estimate of drug-likeness (QED) is 0.414. The molecule has 0 fully saturated rings. The van der Waals surface area contributed by atoms with Crippen LogP contribution in [0.4, 0.5) is 10.5 Å². The van der Waals surface area contributed by atoms with E-state index in [9.17, 15) is 14.4 Å². The number of fused-ring (bicyclic) bond motifs is 3. The molecule has 1 aliphatic rings. The minimum absolute atomic E-state index is 0.000294. The average Bonchev–Trinajstić information content (AvgIpc) is 3.15. The van der Waals surface area contributed by atoms with Gasteiger partial charge < -0.3 is 20.5 Å². The minimum Gasteiger partial charge on any atom is -0.478 e. The van der Waals surface area contributed by atoms with Gasteiger partial charge >= 0.3 is 12.1 Å². The molecule has 0 atom stereocenters. The predicted molar refractivity (Wildman–Crippen MR) is 129 cm³/mol. The summed E-state index contributed by atoms with van der Waals surface area (Å²) in [5.41, 5.74) is 6.06. The molecule has 2 amide bonds. The molecule has 7 heteroatoms. The number of carboxylic acid groups (broad SMARTS) is 1. The molecule has 0 saturated heterocycles. The van der Waals surface area contributed by atoms with E-state index in [0.29, 0.717) is 24.2 Å². The lowest BCUT2D eigenvalue weighted by Gasteiger charge is -2.14. The van der Waals surface area contributed by atoms with Gasteiger partial charge in [-0.3, -0.25) is 4.79 Å². The molecule has 0 bridgehead atoms. The lowest BCUT2D eigenvalue weighted by Crippen LogP contribution is -2.27. The average molecular weight is 459 g/mol. The summed E-state index contributed by atoms with van der Waals surface area (Å²) in [6.45, 7) is 2.29. The highest BCUT2D eigenvalue weighted by molar-refractivity contribution is 5.93. The van der Waals surface area contributed by atoms with Crippen molar-refractivity contribution in [2.75, 3.05) is 18.5 Å². The first kappa shape index (κ1) is 23.0. The Kier molecular flexibility index (Phi) is 6.92. The second kappa shape index (κ2) is 10.2. The topological polar surface area (TPSA) is 105 Å². The first-order valence-corrected chi connectivity index (χ1v) is 11.2. The summed E-state index contributed by atoms with van der Waals surface area (Å²) in [6, 6.07) is 20.8. The van der Waals surface area contributed by atoms with Crippen molar-refractivity contribution < 1.29 is 24.2 Å². The Labute approximate surface area is 197 Å². The fourth-order valence-corrected chi connectivity index (χ4v) is 4.24. The van der Waals surface area contributed by atoms with Gasteiger partial charge in [0, 0.05) is 24.6 Å². The van der Waals surface area contributed by atoms with Gasteiger partial charge in [-0.15, -0.1) is 0 Å². The number of aryl methyl sites for hydroxylation is 1. The Morgan fingerprint density at radius 1 is 0.941 bits per heavy atom. The van der Waals surface area contributed by atoms with Gasteiger partial charge in [0.2, 0.25) is 5.91 Å². The Balaban J connectivity index is 1.21. The summed E-state index contributed by atoms with van der Waals surface area (Å²) in [5.74, 6) is -1.22. The zero-order valence-electron chi connectivity index (χ0n) is 18.8. The number of carboxylic acids is 1. The van der Waals surface area contributed by atoms with Crippen molar-refractivity contribution in [2.24, 2.45) is 0 Å². The fourth-order valence-electron chi connectivity index (χ4n) is 4.24. The second-order valence-corrected chi connectivity index (χ2v) is 8.24. The molecule has 3 N–H and O–H groups in total. The summed E-state index contributed by atoms with van der Waals surface area (Å²) >= 11 is 0. The third-order valence-corrected chi connectivity index (χ3v) is 5.94. The van der Waals surface area contributed by atoms with Crippen LogP contribution in [0.5, 0.6) is 0 Å². The number of ether oxygens (including phenoxy) is 1. The van der Waals surface area contributed by atoms with Crippen LogP contribution in [0, 0.1) is 6.92 Å². The third kappa shape index (κ3) is 5.09. The number of aromatic carboxylic acids is 1. The number of rotatable bonds is 8. The standard InChI is InChI=1S/C27H26N2O5/c1-17-15-18(26(31)32)12-13-24(17)29-25(30)11-6-14-28-27(33)34-16-23-21-9-4-2-7-19(21)20-8-3-5-10-22(20)23/h2-5,7-10,12-13,15,23H,6,11,14,16H2,1H3,(H,28,33)(H,29,30)(H,31,32). The Morgan fingerprint density at radius 2 is 1.59 bits per heavy atom. The van der Waals surface area contributed by atoms with Gasteiger partial charge in [-0.05, 0) is 59.4 Å². The number of amides is 2. The number of anilines is 1. The van der Waals surface area contributed by atoms with Crippen LogP contribution in [0.15, 0.2) is 66.7 Å². The normalized spacial score (nSPS) is 11.9. The number of carbonyl (C=O) groups excluding carboxylic acids is 2. The van der Waals surface area contributed by atoms with Crippen LogP contribution in [-0.4, -0.2) is 36.2 Å². The largest absolute Gasteiger partial charge is 0.478 e. The third-order valence-electron chi connectivity index (χ3n) is 5.94. The number of benzene rings is 3. The van der Waals surface area contributed by atoms with E-state index >= 15 is 0 Å². The second-order valence-electron chi connectivity index (χ2n) is 8.24. The Bertz CT molecular complexity index is 1190. The van der Waals surface area contributed by atoms with Crippen LogP contribution in [0.1, 0.15) is 45.8 Å². The smallest absolute Gasteiger partial charge is 0.407 e. The van der Waals surface area contributed by atoms with E-state index in [4.69, 9.17) is 9.84 Å². The van der Waals surface area contributed by atoms with Crippen LogP contribution in [0.3, 0.4) is 0 Å². The van der Waals surface area contributed by atoms with Gasteiger partial charge in [-0.2, -0.15) is 0 Å². The molecular formula is C27H26N2O5. The zero-order chi connectivity index (χ0) is 24.1. The van der Waals surface area contributed by atoms with E-state index < -0.39 is 12.1 Å². The molecule has 0 heterocycles. The van der Waals surface area contributed by atoms with E-state index in [1.807, 2.05) is 24.3 Å².